The molecule has 0 spiro atoms. The van der Waals surface area contributed by atoms with Crippen LogP contribution in [0.1, 0.15) is 127 Å². The first-order valence-corrected chi connectivity index (χ1v) is 17.1. The van der Waals surface area contributed by atoms with E-state index in [-0.39, 0.29) is 22.5 Å². The number of fused-ring (bicyclic) bond motifs is 1. The minimum absolute atomic E-state index is 0.00368. The van der Waals surface area contributed by atoms with Crippen molar-refractivity contribution in [2.24, 2.45) is 10.9 Å². The molecule has 47 heavy (non-hydrogen) atoms. The molecule has 0 amide bonds. The molecular formula is C41H61ClN2O3. The van der Waals surface area contributed by atoms with Gasteiger partial charge in [-0.05, 0) is 62.8 Å². The van der Waals surface area contributed by atoms with Gasteiger partial charge in [0.1, 0.15) is 23.3 Å². The Morgan fingerprint density at radius 3 is 1.91 bits per heavy atom. The third-order valence-corrected chi connectivity index (χ3v) is 7.83. The van der Waals surface area contributed by atoms with Crippen LogP contribution >= 0.6 is 11.6 Å². The highest BCUT2D eigenvalue weighted by atomic mass is 35.5. The molecule has 1 atom stereocenters. The van der Waals surface area contributed by atoms with Crippen LogP contribution in [0.25, 0.3) is 22.4 Å². The Labute approximate surface area is 291 Å². The molecule has 5 nitrogen and oxygen atoms in total. The number of nitrogens with zero attached hydrogens (tertiary/aromatic N) is 2. The zero-order valence-electron chi connectivity index (χ0n) is 31.5. The highest BCUT2D eigenvalue weighted by molar-refractivity contribution is 6.30. The first-order valence-electron chi connectivity index (χ1n) is 16.7. The second kappa shape index (κ2) is 20.7. The predicted octanol–water partition coefficient (Wildman–Crippen LogP) is 13.2. The van der Waals surface area contributed by atoms with Gasteiger partial charge in [-0.2, -0.15) is 0 Å². The van der Waals surface area contributed by atoms with E-state index in [9.17, 15) is 4.79 Å². The predicted molar refractivity (Wildman–Crippen MR) is 206 cm³/mol. The number of halogens is 1. The number of aromatic nitrogens is 1. The van der Waals surface area contributed by atoms with Crippen LogP contribution in [0.3, 0.4) is 0 Å². The number of rotatable bonds is 9. The third-order valence-electron chi connectivity index (χ3n) is 7.58. The summed E-state index contributed by atoms with van der Waals surface area (Å²) in [5, 5.41) is 9.84. The molecule has 3 aromatic rings. The number of aldehydes is 1. The molecular weight excluding hydrogens is 604 g/mol. The van der Waals surface area contributed by atoms with Gasteiger partial charge < -0.3 is 14.3 Å². The van der Waals surface area contributed by atoms with Crippen LogP contribution < -0.4 is 0 Å². The first kappa shape index (κ1) is 43.6. The average Bonchev–Trinajstić information content (AvgIpc) is 3.45. The molecule has 6 heteroatoms. The number of carbonyl (C=O) groups is 1. The van der Waals surface area contributed by atoms with E-state index in [0.29, 0.717) is 5.57 Å². The molecule has 0 aliphatic rings. The lowest BCUT2D eigenvalue weighted by molar-refractivity contribution is -0.110. The largest absolute Gasteiger partial charge is 0.508 e. The molecule has 0 radical (unpaired) electrons. The molecule has 1 aromatic carbocycles. The van der Waals surface area contributed by atoms with Crippen molar-refractivity contribution in [1.82, 2.24) is 4.98 Å². The second-order valence-corrected chi connectivity index (χ2v) is 14.2. The zero-order chi connectivity index (χ0) is 36.5. The van der Waals surface area contributed by atoms with Crippen LogP contribution in [0.15, 0.2) is 82.1 Å². The van der Waals surface area contributed by atoms with Crippen LogP contribution in [0.5, 0.6) is 0 Å². The van der Waals surface area contributed by atoms with Crippen LogP contribution in [-0.4, -0.2) is 22.1 Å². The van der Waals surface area contributed by atoms with E-state index in [1.54, 1.807) is 13.1 Å². The van der Waals surface area contributed by atoms with Crippen molar-refractivity contribution in [3.05, 3.63) is 89.0 Å². The maximum Gasteiger partial charge on any atom is 0.156 e. The Morgan fingerprint density at radius 2 is 1.55 bits per heavy atom. The van der Waals surface area contributed by atoms with Crippen LogP contribution in [0, 0.1) is 5.92 Å². The number of hydrogen-bond acceptors (Lipinski definition) is 5. The molecule has 3 rings (SSSR count). The maximum atomic E-state index is 9.74. The summed E-state index contributed by atoms with van der Waals surface area (Å²) in [7, 11) is 0. The molecule has 0 saturated heterocycles. The SMILES string of the molecule is C=C(C)/C(=C\N=C(C)C)C(=C)O.CCC(C)(C)c1cc2nc(-c3ccc(Cl)cc3)cc(C(C)(C)C)c2o1.CCC(C)C=O.CCCC. The van der Waals surface area contributed by atoms with Gasteiger partial charge in [-0.1, -0.05) is 119 Å². The average molecular weight is 665 g/mol. The van der Waals surface area contributed by atoms with Gasteiger partial charge >= 0.3 is 0 Å². The summed E-state index contributed by atoms with van der Waals surface area (Å²) in [6.07, 6.45) is 7.16. The van der Waals surface area contributed by atoms with E-state index in [2.05, 4.69) is 85.7 Å². The fourth-order valence-corrected chi connectivity index (χ4v) is 3.70. The van der Waals surface area contributed by atoms with Crippen molar-refractivity contribution >= 4 is 34.7 Å². The first-order chi connectivity index (χ1) is 21.8. The Morgan fingerprint density at radius 1 is 1.00 bits per heavy atom. The molecule has 0 fully saturated rings. The van der Waals surface area contributed by atoms with E-state index in [4.69, 9.17) is 26.1 Å². The van der Waals surface area contributed by atoms with Crippen LogP contribution in [0.2, 0.25) is 5.02 Å². The number of benzene rings is 1. The van der Waals surface area contributed by atoms with Gasteiger partial charge in [-0.15, -0.1) is 0 Å². The number of carbonyl (C=O) groups excluding carboxylic acids is 1. The van der Waals surface area contributed by atoms with E-state index in [1.165, 1.54) is 18.4 Å². The number of furan rings is 1. The highest BCUT2D eigenvalue weighted by Crippen LogP contribution is 2.38. The molecule has 0 aliphatic heterocycles. The molecule has 2 aromatic heterocycles. The lowest BCUT2D eigenvalue weighted by Crippen LogP contribution is -2.14. The Kier molecular flexibility index (Phi) is 19.2. The van der Waals surface area contributed by atoms with Gasteiger partial charge in [0.05, 0.1) is 5.69 Å². The van der Waals surface area contributed by atoms with Gasteiger partial charge in [0, 0.05) is 51.0 Å². The summed E-state index contributed by atoms with van der Waals surface area (Å²) < 4.78 is 6.31. The molecule has 2 heterocycles. The van der Waals surface area contributed by atoms with E-state index >= 15 is 0 Å². The second-order valence-electron chi connectivity index (χ2n) is 13.7. The van der Waals surface area contributed by atoms with Crippen molar-refractivity contribution in [2.45, 2.75) is 127 Å². The number of unbranched alkanes of at least 4 members (excludes halogenated alkanes) is 1. The minimum Gasteiger partial charge on any atom is -0.508 e. The molecule has 260 valence electrons. The molecule has 1 N–H and O–H groups in total. The standard InChI is InChI=1S/C22H26ClNO.C10H15NO.C5H10O.C4H10/c1-7-22(5,6)19-13-18-20(25-19)16(21(2,3)4)12-17(24-18)14-8-10-15(23)11-9-14;1-7(2)10(9(5)12)6-11-8(3)4;1-3-5(2)4-6;1-3-4-2/h8-13H,7H2,1-6H3;6,12H,1,5H2,2-4H3;4-5H,3H2,1-2H3;3-4H2,1-2H3/b;10-6+;;. The Bertz CT molecular complexity index is 1460. The summed E-state index contributed by atoms with van der Waals surface area (Å²) in [5.41, 5.74) is 7.27. The zero-order valence-corrected chi connectivity index (χ0v) is 32.2. The number of hydrogen-bond donors (Lipinski definition) is 1. The third kappa shape index (κ3) is 15.3. The lowest BCUT2D eigenvalue weighted by Gasteiger charge is -2.21. The van der Waals surface area contributed by atoms with Crippen molar-refractivity contribution in [1.29, 1.82) is 0 Å². The summed E-state index contributed by atoms with van der Waals surface area (Å²) in [4.78, 5) is 18.7. The van der Waals surface area contributed by atoms with E-state index < -0.39 is 0 Å². The Balaban J connectivity index is 0.000000797. The van der Waals surface area contributed by atoms with Gasteiger partial charge in [0.2, 0.25) is 0 Å². The monoisotopic (exact) mass is 664 g/mol. The van der Waals surface area contributed by atoms with Gasteiger partial charge in [0.25, 0.3) is 0 Å². The van der Waals surface area contributed by atoms with Crippen molar-refractivity contribution in [2.75, 3.05) is 0 Å². The number of aliphatic hydroxyl groups is 1. The van der Waals surface area contributed by atoms with Gasteiger partial charge in [-0.25, -0.2) is 4.98 Å². The van der Waals surface area contributed by atoms with Crippen LogP contribution in [0.4, 0.5) is 0 Å². The number of aliphatic hydroxyl groups excluding tert-OH is 1. The van der Waals surface area contributed by atoms with Gasteiger partial charge in [0.15, 0.2) is 5.58 Å². The molecule has 0 bridgehead atoms. The molecule has 1 unspecified atom stereocenters. The molecule has 0 aliphatic carbocycles. The summed E-state index contributed by atoms with van der Waals surface area (Å²) in [6, 6.07) is 12.1. The number of pyridine rings is 1. The van der Waals surface area contributed by atoms with Gasteiger partial charge in [-0.3, -0.25) is 4.99 Å². The fourth-order valence-electron chi connectivity index (χ4n) is 3.58. The Hall–Kier alpha value is -3.44. The van der Waals surface area contributed by atoms with Crippen LogP contribution in [-0.2, 0) is 15.6 Å². The van der Waals surface area contributed by atoms with E-state index in [1.807, 2.05) is 52.0 Å². The number of aliphatic imine (C=N–C) groups is 1. The summed E-state index contributed by atoms with van der Waals surface area (Å²) in [5.74, 6) is 1.26. The number of allylic oxidation sites excluding steroid dienone is 1. The fraction of sp³-hybridized carbons (Fsp3) is 0.488. The normalized spacial score (nSPS) is 11.9. The quantitative estimate of drug-likeness (QED) is 0.107. The van der Waals surface area contributed by atoms with Crippen molar-refractivity contribution in [3.63, 3.8) is 0 Å². The summed E-state index contributed by atoms with van der Waals surface area (Å²) in [6.45, 7) is 34.2. The van der Waals surface area contributed by atoms with E-state index in [0.717, 1.165) is 63.6 Å². The van der Waals surface area contributed by atoms with Crippen molar-refractivity contribution < 1.29 is 14.3 Å². The topological polar surface area (TPSA) is 75.7 Å². The molecule has 0 saturated carbocycles. The smallest absolute Gasteiger partial charge is 0.156 e. The highest BCUT2D eigenvalue weighted by Gasteiger charge is 2.27. The van der Waals surface area contributed by atoms with Crippen molar-refractivity contribution in [3.8, 4) is 11.3 Å². The minimum atomic E-state index is -0.0339. The summed E-state index contributed by atoms with van der Waals surface area (Å²) >= 11 is 6.03. The maximum absolute atomic E-state index is 9.74. The lowest BCUT2D eigenvalue weighted by atomic mass is 9.86.